The van der Waals surface area contributed by atoms with Crippen molar-refractivity contribution in [3.8, 4) is 5.75 Å². The SMILES string of the molecule is COc1cc(NC(=O)/C=C/c2ccc(C)cc2)c(Cl)cc1C(=O)O. The molecular formula is C18H16ClNO4. The molecule has 0 heterocycles. The normalized spacial score (nSPS) is 10.6. The van der Waals surface area contributed by atoms with Crippen molar-refractivity contribution in [2.24, 2.45) is 0 Å². The fraction of sp³-hybridized carbons (Fsp3) is 0.111. The van der Waals surface area contributed by atoms with Crippen molar-refractivity contribution < 1.29 is 19.4 Å². The monoisotopic (exact) mass is 345 g/mol. The highest BCUT2D eigenvalue weighted by Crippen LogP contribution is 2.31. The van der Waals surface area contributed by atoms with Gasteiger partial charge in [0.15, 0.2) is 0 Å². The average molecular weight is 346 g/mol. The number of nitrogens with one attached hydrogen (secondary N) is 1. The van der Waals surface area contributed by atoms with Crippen LogP contribution in [0.4, 0.5) is 5.69 Å². The first-order chi connectivity index (χ1) is 11.4. The van der Waals surface area contributed by atoms with Crippen molar-refractivity contribution in [2.75, 3.05) is 12.4 Å². The molecule has 0 aliphatic heterocycles. The smallest absolute Gasteiger partial charge is 0.339 e. The van der Waals surface area contributed by atoms with Gasteiger partial charge >= 0.3 is 5.97 Å². The van der Waals surface area contributed by atoms with Gasteiger partial charge in [-0.25, -0.2) is 4.79 Å². The zero-order valence-electron chi connectivity index (χ0n) is 13.2. The molecule has 0 atom stereocenters. The summed E-state index contributed by atoms with van der Waals surface area (Å²) >= 11 is 6.02. The van der Waals surface area contributed by atoms with Gasteiger partial charge in [0.05, 0.1) is 17.8 Å². The number of carboxylic acids is 1. The van der Waals surface area contributed by atoms with Gasteiger partial charge in [0.1, 0.15) is 11.3 Å². The molecule has 24 heavy (non-hydrogen) atoms. The number of methoxy groups -OCH3 is 1. The van der Waals surface area contributed by atoms with Crippen LogP contribution in [0, 0.1) is 6.92 Å². The van der Waals surface area contributed by atoms with Crippen molar-refractivity contribution in [1.82, 2.24) is 0 Å². The van der Waals surface area contributed by atoms with Gasteiger partial charge in [-0.2, -0.15) is 0 Å². The van der Waals surface area contributed by atoms with E-state index in [9.17, 15) is 9.59 Å². The lowest BCUT2D eigenvalue weighted by molar-refractivity contribution is -0.111. The van der Waals surface area contributed by atoms with Gasteiger partial charge in [0, 0.05) is 12.1 Å². The molecule has 0 bridgehead atoms. The lowest BCUT2D eigenvalue weighted by Crippen LogP contribution is -2.09. The van der Waals surface area contributed by atoms with Gasteiger partial charge in [-0.15, -0.1) is 0 Å². The molecule has 2 N–H and O–H groups in total. The van der Waals surface area contributed by atoms with E-state index in [1.807, 2.05) is 31.2 Å². The lowest BCUT2D eigenvalue weighted by Gasteiger charge is -2.10. The number of hydrogen-bond donors (Lipinski definition) is 2. The molecule has 2 aromatic carbocycles. The topological polar surface area (TPSA) is 75.6 Å². The van der Waals surface area contributed by atoms with Gasteiger partial charge in [-0.1, -0.05) is 41.4 Å². The Hall–Kier alpha value is -2.79. The molecule has 0 aromatic heterocycles. The fourth-order valence-electron chi connectivity index (χ4n) is 2.01. The number of carboxylic acid groups (broad SMARTS) is 1. The number of hydrogen-bond acceptors (Lipinski definition) is 3. The Kier molecular flexibility index (Phi) is 5.60. The summed E-state index contributed by atoms with van der Waals surface area (Å²) in [6, 6.07) is 10.3. The Balaban J connectivity index is 2.16. The third kappa shape index (κ3) is 4.36. The van der Waals surface area contributed by atoms with Crippen LogP contribution in [0.2, 0.25) is 5.02 Å². The van der Waals surface area contributed by atoms with Crippen LogP contribution in [0.15, 0.2) is 42.5 Å². The maximum absolute atomic E-state index is 12.0. The summed E-state index contributed by atoms with van der Waals surface area (Å²) in [5.74, 6) is -1.43. The summed E-state index contributed by atoms with van der Waals surface area (Å²) in [4.78, 5) is 23.1. The number of aromatic carboxylic acids is 1. The number of aryl methyl sites for hydroxylation is 1. The second-order valence-corrected chi connectivity index (χ2v) is 5.48. The van der Waals surface area contributed by atoms with Crippen molar-refractivity contribution >= 4 is 35.2 Å². The molecule has 124 valence electrons. The van der Waals surface area contributed by atoms with Crippen molar-refractivity contribution in [2.45, 2.75) is 6.92 Å². The molecule has 5 nitrogen and oxygen atoms in total. The summed E-state index contributed by atoms with van der Waals surface area (Å²) in [6.07, 6.45) is 3.05. The van der Waals surface area contributed by atoms with E-state index in [0.29, 0.717) is 0 Å². The van der Waals surface area contributed by atoms with Crippen LogP contribution in [0.25, 0.3) is 6.08 Å². The maximum Gasteiger partial charge on any atom is 0.339 e. The van der Waals surface area contributed by atoms with Crippen LogP contribution in [0.3, 0.4) is 0 Å². The number of rotatable bonds is 5. The Bertz CT molecular complexity index is 797. The molecule has 2 aromatic rings. The number of amides is 1. The number of carbonyl (C=O) groups is 2. The molecule has 2 rings (SSSR count). The summed E-state index contributed by atoms with van der Waals surface area (Å²) in [5, 5.41) is 11.8. The average Bonchev–Trinajstić information content (AvgIpc) is 2.55. The largest absolute Gasteiger partial charge is 0.496 e. The van der Waals surface area contributed by atoms with Crippen molar-refractivity contribution in [3.05, 3.63) is 64.2 Å². The van der Waals surface area contributed by atoms with Crippen LogP contribution in [0.1, 0.15) is 21.5 Å². The van der Waals surface area contributed by atoms with Gasteiger partial charge in [0.2, 0.25) is 5.91 Å². The standard InChI is InChI=1S/C18H16ClNO4/c1-11-3-5-12(6-4-11)7-8-17(21)20-15-10-16(24-2)13(18(22)23)9-14(15)19/h3-10H,1-2H3,(H,20,21)(H,22,23)/b8-7+. The summed E-state index contributed by atoms with van der Waals surface area (Å²) in [6.45, 7) is 1.98. The predicted octanol–water partition coefficient (Wildman–Crippen LogP) is 4.01. The molecule has 6 heteroatoms. The number of halogens is 1. The number of carbonyl (C=O) groups excluding carboxylic acids is 1. The highest BCUT2D eigenvalue weighted by Gasteiger charge is 2.15. The highest BCUT2D eigenvalue weighted by atomic mass is 35.5. The summed E-state index contributed by atoms with van der Waals surface area (Å²) < 4.78 is 5.02. The van der Waals surface area contributed by atoms with Crippen LogP contribution in [0.5, 0.6) is 5.75 Å². The van der Waals surface area contributed by atoms with Gasteiger partial charge in [-0.05, 0) is 24.6 Å². The Labute approximate surface area is 144 Å². The van der Waals surface area contributed by atoms with E-state index in [1.165, 1.54) is 25.3 Å². The van der Waals surface area contributed by atoms with E-state index in [0.717, 1.165) is 11.1 Å². The van der Waals surface area contributed by atoms with Crippen LogP contribution in [-0.4, -0.2) is 24.1 Å². The molecule has 0 aliphatic rings. The van der Waals surface area contributed by atoms with Crippen molar-refractivity contribution in [3.63, 3.8) is 0 Å². The van der Waals surface area contributed by atoms with E-state index >= 15 is 0 Å². The molecule has 1 amide bonds. The van der Waals surface area contributed by atoms with E-state index < -0.39 is 5.97 Å². The predicted molar refractivity (Wildman–Crippen MR) is 93.8 cm³/mol. The second kappa shape index (κ2) is 7.66. The molecule has 0 fully saturated rings. The zero-order valence-corrected chi connectivity index (χ0v) is 13.9. The van der Waals surface area contributed by atoms with E-state index in [2.05, 4.69) is 5.32 Å². The fourth-order valence-corrected chi connectivity index (χ4v) is 2.22. The minimum absolute atomic E-state index is 0.0734. The number of anilines is 1. The van der Waals surface area contributed by atoms with Gasteiger partial charge < -0.3 is 15.2 Å². The summed E-state index contributed by atoms with van der Waals surface area (Å²) in [5.41, 5.74) is 2.22. The first-order valence-electron chi connectivity index (χ1n) is 7.07. The van der Waals surface area contributed by atoms with E-state index in [4.69, 9.17) is 21.4 Å². The molecule has 0 unspecified atom stereocenters. The Morgan fingerprint density at radius 1 is 1.21 bits per heavy atom. The minimum atomic E-state index is -1.16. The van der Waals surface area contributed by atoms with E-state index in [-0.39, 0.29) is 27.9 Å². The molecule has 0 spiro atoms. The van der Waals surface area contributed by atoms with Crippen LogP contribution < -0.4 is 10.1 Å². The van der Waals surface area contributed by atoms with Gasteiger partial charge in [-0.3, -0.25) is 4.79 Å². The summed E-state index contributed by atoms with van der Waals surface area (Å²) in [7, 11) is 1.35. The number of benzene rings is 2. The van der Waals surface area contributed by atoms with Crippen molar-refractivity contribution in [1.29, 1.82) is 0 Å². The zero-order chi connectivity index (χ0) is 17.7. The number of ether oxygens (including phenoxy) is 1. The minimum Gasteiger partial charge on any atom is -0.496 e. The lowest BCUT2D eigenvalue weighted by atomic mass is 10.1. The first kappa shape index (κ1) is 17.6. The Morgan fingerprint density at radius 3 is 2.46 bits per heavy atom. The molecule has 0 aliphatic carbocycles. The van der Waals surface area contributed by atoms with E-state index in [1.54, 1.807) is 6.08 Å². The quantitative estimate of drug-likeness (QED) is 0.803. The van der Waals surface area contributed by atoms with Gasteiger partial charge in [0.25, 0.3) is 0 Å². The van der Waals surface area contributed by atoms with Crippen LogP contribution in [-0.2, 0) is 4.79 Å². The maximum atomic E-state index is 12.0. The molecule has 0 saturated heterocycles. The second-order valence-electron chi connectivity index (χ2n) is 5.07. The molecule has 0 radical (unpaired) electrons. The third-order valence-corrected chi connectivity index (χ3v) is 3.59. The molecule has 0 saturated carbocycles. The third-order valence-electron chi connectivity index (χ3n) is 3.28. The molecular weight excluding hydrogens is 330 g/mol. The first-order valence-corrected chi connectivity index (χ1v) is 7.45. The highest BCUT2D eigenvalue weighted by molar-refractivity contribution is 6.34. The van der Waals surface area contributed by atoms with Crippen LogP contribution >= 0.6 is 11.6 Å². The Morgan fingerprint density at radius 2 is 1.88 bits per heavy atom.